The Kier molecular flexibility index (Phi) is 21.1. The van der Waals surface area contributed by atoms with E-state index in [1.807, 2.05) is 0 Å². The minimum absolute atomic E-state index is 0.171. The van der Waals surface area contributed by atoms with E-state index in [0.29, 0.717) is 6.42 Å². The third-order valence-electron chi connectivity index (χ3n) is 4.98. The maximum absolute atomic E-state index is 12.1. The Bertz CT molecular complexity index is 625. The third kappa shape index (κ3) is 22.9. The molecule has 0 aliphatic heterocycles. The Balaban J connectivity index is 4.11. The molecule has 0 saturated carbocycles. The summed E-state index contributed by atoms with van der Waals surface area (Å²) in [5.41, 5.74) is 0. The van der Waals surface area contributed by atoms with Gasteiger partial charge in [0, 0.05) is 13.3 Å². The van der Waals surface area contributed by atoms with Crippen molar-refractivity contribution in [1.82, 2.24) is 0 Å². The van der Waals surface area contributed by atoms with E-state index in [-0.39, 0.29) is 13.0 Å². The number of ether oxygens (including phenoxy) is 2. The van der Waals surface area contributed by atoms with Gasteiger partial charge in [0.1, 0.15) is 12.7 Å². The summed E-state index contributed by atoms with van der Waals surface area (Å²) in [4.78, 5) is 32.8. The van der Waals surface area contributed by atoms with Crippen LogP contribution in [0.1, 0.15) is 90.9 Å². The summed E-state index contributed by atoms with van der Waals surface area (Å²) in [6.45, 7) is 1.24. The number of esters is 2. The average Bonchev–Trinajstić information content (AvgIpc) is 2.82. The highest BCUT2D eigenvalue weighted by Gasteiger charge is 2.26. The monoisotopic (exact) mass is 524 g/mol. The molecule has 3 N–H and O–H groups in total. The van der Waals surface area contributed by atoms with Crippen LogP contribution in [-0.4, -0.2) is 65.7 Å². The number of aliphatic hydroxyl groups excluding tert-OH is 2. The molecule has 35 heavy (non-hydrogen) atoms. The fourth-order valence-electron chi connectivity index (χ4n) is 3.01. The van der Waals surface area contributed by atoms with Crippen molar-refractivity contribution >= 4 is 19.8 Å². The van der Waals surface area contributed by atoms with Gasteiger partial charge in [-0.15, -0.1) is 0 Å². The number of hydrogen-bond donors (Lipinski definition) is 3. The van der Waals surface area contributed by atoms with Gasteiger partial charge in [0.2, 0.25) is 0 Å². The van der Waals surface area contributed by atoms with Crippen molar-refractivity contribution in [2.75, 3.05) is 26.4 Å². The Morgan fingerprint density at radius 2 is 1.46 bits per heavy atom. The summed E-state index contributed by atoms with van der Waals surface area (Å²) < 4.78 is 31.2. The van der Waals surface area contributed by atoms with Gasteiger partial charge < -0.3 is 24.6 Å². The van der Waals surface area contributed by atoms with E-state index in [1.165, 1.54) is 32.6 Å². The van der Waals surface area contributed by atoms with Gasteiger partial charge in [0.15, 0.2) is 6.10 Å². The first kappa shape index (κ1) is 33.7. The average molecular weight is 525 g/mol. The minimum Gasteiger partial charge on any atom is -0.462 e. The highest BCUT2D eigenvalue weighted by Crippen LogP contribution is 2.43. The predicted molar refractivity (Wildman–Crippen MR) is 132 cm³/mol. The van der Waals surface area contributed by atoms with E-state index in [2.05, 4.69) is 23.6 Å². The number of carbonyl (C=O) groups excluding carboxylic acids is 2. The molecule has 0 saturated heterocycles. The van der Waals surface area contributed by atoms with Gasteiger partial charge in [-0.2, -0.15) is 0 Å². The van der Waals surface area contributed by atoms with Crippen LogP contribution < -0.4 is 0 Å². The van der Waals surface area contributed by atoms with E-state index in [4.69, 9.17) is 19.1 Å². The topological polar surface area (TPSA) is 149 Å². The Morgan fingerprint density at radius 1 is 0.886 bits per heavy atom. The largest absolute Gasteiger partial charge is 0.472 e. The number of rotatable bonds is 23. The van der Waals surface area contributed by atoms with E-state index < -0.39 is 51.8 Å². The Hall–Kier alpha value is -1.29. The molecule has 11 heteroatoms. The summed E-state index contributed by atoms with van der Waals surface area (Å²) >= 11 is 0. The van der Waals surface area contributed by atoms with Gasteiger partial charge in [0.25, 0.3) is 0 Å². The van der Waals surface area contributed by atoms with Crippen molar-refractivity contribution in [3.8, 4) is 0 Å². The molecule has 0 aliphatic carbocycles. The number of unbranched alkanes of at least 4 members (excludes halogenated alkanes) is 9. The van der Waals surface area contributed by atoms with Gasteiger partial charge in [-0.1, -0.05) is 57.6 Å². The fourth-order valence-corrected chi connectivity index (χ4v) is 3.79. The molecule has 0 spiro atoms. The van der Waals surface area contributed by atoms with Crippen molar-refractivity contribution in [2.45, 2.75) is 103 Å². The molecule has 0 heterocycles. The summed E-state index contributed by atoms with van der Waals surface area (Å²) in [5, 5.41) is 17.9. The number of phosphoric acid groups is 1. The first-order chi connectivity index (χ1) is 16.7. The zero-order chi connectivity index (χ0) is 26.4. The van der Waals surface area contributed by atoms with Crippen LogP contribution in [0.3, 0.4) is 0 Å². The zero-order valence-corrected chi connectivity index (χ0v) is 22.2. The zero-order valence-electron chi connectivity index (χ0n) is 21.3. The van der Waals surface area contributed by atoms with E-state index in [9.17, 15) is 24.2 Å². The number of hydrogen-bond acceptors (Lipinski definition) is 9. The van der Waals surface area contributed by atoms with Crippen LogP contribution in [0, 0.1) is 0 Å². The molecule has 0 aromatic heterocycles. The maximum Gasteiger partial charge on any atom is 0.472 e. The van der Waals surface area contributed by atoms with Crippen LogP contribution in [0.4, 0.5) is 0 Å². The number of allylic oxidation sites excluding steroid dienone is 2. The summed E-state index contributed by atoms with van der Waals surface area (Å²) in [6, 6.07) is 0. The number of phosphoric ester groups is 1. The highest BCUT2D eigenvalue weighted by molar-refractivity contribution is 7.47. The second-order valence-corrected chi connectivity index (χ2v) is 9.89. The summed E-state index contributed by atoms with van der Waals surface area (Å²) in [6.07, 6.45) is 14.4. The smallest absolute Gasteiger partial charge is 0.462 e. The lowest BCUT2D eigenvalue weighted by Gasteiger charge is -2.20. The molecule has 206 valence electrons. The van der Waals surface area contributed by atoms with Crippen LogP contribution >= 0.6 is 7.82 Å². The molecule has 0 aromatic carbocycles. The van der Waals surface area contributed by atoms with Crippen molar-refractivity contribution in [3.05, 3.63) is 12.2 Å². The summed E-state index contributed by atoms with van der Waals surface area (Å²) in [5.74, 6) is -1.13. The van der Waals surface area contributed by atoms with Crippen LogP contribution in [0.25, 0.3) is 0 Å². The Morgan fingerprint density at radius 3 is 2.06 bits per heavy atom. The molecule has 3 unspecified atom stereocenters. The Labute approximate surface area is 209 Å². The molecule has 0 radical (unpaired) electrons. The quantitative estimate of drug-likeness (QED) is 0.0768. The molecule has 0 bridgehead atoms. The van der Waals surface area contributed by atoms with Crippen molar-refractivity contribution < 1.29 is 47.8 Å². The molecule has 0 amide bonds. The van der Waals surface area contributed by atoms with Gasteiger partial charge in [-0.3, -0.25) is 18.6 Å². The fraction of sp³-hybridized carbons (Fsp3) is 0.833. The van der Waals surface area contributed by atoms with Crippen molar-refractivity contribution in [2.24, 2.45) is 0 Å². The number of aliphatic hydroxyl groups is 2. The standard InChI is InChI=1S/C24H45O10P/c1-3-4-5-6-7-8-9-10-11-12-13-14-15-16-24(28)34-23(19-31-21(2)26)20-33-35(29,30)32-18-22(27)17-25/h8-9,22-23,25,27H,3-7,10-20H2,1-2H3,(H,29,30)/b9-8-. The van der Waals surface area contributed by atoms with Crippen molar-refractivity contribution in [1.29, 1.82) is 0 Å². The molecule has 0 aliphatic rings. The second kappa shape index (κ2) is 21.9. The van der Waals surface area contributed by atoms with E-state index in [1.54, 1.807) is 0 Å². The predicted octanol–water partition coefficient (Wildman–Crippen LogP) is 4.21. The molecule has 0 rings (SSSR count). The lowest BCUT2D eigenvalue weighted by molar-refractivity contribution is -0.160. The van der Waals surface area contributed by atoms with Crippen LogP contribution in [0.15, 0.2) is 12.2 Å². The number of carbonyl (C=O) groups is 2. The van der Waals surface area contributed by atoms with Gasteiger partial charge >= 0.3 is 19.8 Å². The molecular weight excluding hydrogens is 479 g/mol. The third-order valence-corrected chi connectivity index (χ3v) is 5.93. The summed E-state index contributed by atoms with van der Waals surface area (Å²) in [7, 11) is -4.56. The molecule has 0 fully saturated rings. The van der Waals surface area contributed by atoms with Crippen LogP contribution in [0.5, 0.6) is 0 Å². The van der Waals surface area contributed by atoms with E-state index >= 15 is 0 Å². The van der Waals surface area contributed by atoms with Crippen LogP contribution in [0.2, 0.25) is 0 Å². The SMILES string of the molecule is CCCCCC/C=C\CCCCCCCC(=O)OC(COC(C)=O)COP(=O)(O)OCC(O)CO. The van der Waals surface area contributed by atoms with E-state index in [0.717, 1.165) is 38.5 Å². The van der Waals surface area contributed by atoms with Crippen LogP contribution in [-0.2, 0) is 32.7 Å². The highest BCUT2D eigenvalue weighted by atomic mass is 31.2. The molecular formula is C24H45O10P. The van der Waals surface area contributed by atoms with Gasteiger partial charge in [0.05, 0.1) is 19.8 Å². The minimum atomic E-state index is -4.56. The van der Waals surface area contributed by atoms with Gasteiger partial charge in [-0.25, -0.2) is 4.57 Å². The molecule has 3 atom stereocenters. The first-order valence-corrected chi connectivity index (χ1v) is 14.1. The maximum atomic E-state index is 12.1. The van der Waals surface area contributed by atoms with Gasteiger partial charge in [-0.05, 0) is 32.1 Å². The first-order valence-electron chi connectivity index (χ1n) is 12.6. The molecule has 10 nitrogen and oxygen atoms in total. The second-order valence-electron chi connectivity index (χ2n) is 8.44. The lowest BCUT2D eigenvalue weighted by atomic mass is 10.1. The molecule has 0 aromatic rings. The normalized spacial score (nSPS) is 15.0. The van der Waals surface area contributed by atoms with Crippen molar-refractivity contribution in [3.63, 3.8) is 0 Å². The lowest BCUT2D eigenvalue weighted by Crippen LogP contribution is -2.29.